The van der Waals surface area contributed by atoms with E-state index in [0.29, 0.717) is 18.5 Å². The monoisotopic (exact) mass is 371 g/mol. The number of halogens is 4. The summed E-state index contributed by atoms with van der Waals surface area (Å²) in [5.74, 6) is -1.48. The Morgan fingerprint density at radius 3 is 2.73 bits per heavy atom. The molecule has 140 valence electrons. The summed E-state index contributed by atoms with van der Waals surface area (Å²) in [4.78, 5) is 10.9. The van der Waals surface area contributed by atoms with Crippen molar-refractivity contribution in [3.8, 4) is 0 Å². The third-order valence-corrected chi connectivity index (χ3v) is 3.69. The predicted octanol–water partition coefficient (Wildman–Crippen LogP) is 4.11. The quantitative estimate of drug-likeness (QED) is 0.583. The van der Waals surface area contributed by atoms with Gasteiger partial charge >= 0.3 is 6.18 Å². The first-order chi connectivity index (χ1) is 12.2. The molecular weight excluding hydrogens is 354 g/mol. The topological polar surface area (TPSA) is 74.5 Å². The lowest BCUT2D eigenvalue weighted by molar-refractivity contribution is -0.140. The van der Waals surface area contributed by atoms with Gasteiger partial charge in [0.15, 0.2) is 0 Å². The summed E-state index contributed by atoms with van der Waals surface area (Å²) in [7, 11) is 0. The summed E-state index contributed by atoms with van der Waals surface area (Å²) in [6, 6.07) is 2.78. The van der Waals surface area contributed by atoms with E-state index in [1.165, 1.54) is 13.0 Å². The van der Waals surface area contributed by atoms with Crippen molar-refractivity contribution in [3.63, 3.8) is 0 Å². The van der Waals surface area contributed by atoms with E-state index in [4.69, 9.17) is 10.3 Å². The lowest BCUT2D eigenvalue weighted by Gasteiger charge is -2.22. The van der Waals surface area contributed by atoms with Crippen molar-refractivity contribution >= 4 is 5.91 Å². The number of rotatable bonds is 6. The van der Waals surface area contributed by atoms with E-state index in [2.05, 4.69) is 10.4 Å². The summed E-state index contributed by atoms with van der Waals surface area (Å²) in [5, 5.41) is 5.90. The second-order valence-corrected chi connectivity index (χ2v) is 5.71. The second-order valence-electron chi connectivity index (χ2n) is 5.71. The van der Waals surface area contributed by atoms with Crippen LogP contribution in [0.25, 0.3) is 0 Å². The molecule has 0 radical (unpaired) electrons. The molecule has 0 bridgehead atoms. The van der Waals surface area contributed by atoms with Crippen molar-refractivity contribution in [1.29, 1.82) is 5.53 Å². The molecule has 0 spiro atoms. The average molecular weight is 371 g/mol. The van der Waals surface area contributed by atoms with Crippen LogP contribution in [0.2, 0.25) is 0 Å². The standard InChI is InChI=1S/C17H17F4N3O2/c1-10(25)23-7-6-12-3-4-13(26-16(12)24-22)8-11-2-5-15(18)14(9-11)17(19,20)21/h2-5,9,13,22H,6-8H2,1H3,(H,23,25). The van der Waals surface area contributed by atoms with E-state index in [0.717, 1.165) is 12.1 Å². The number of amides is 1. The van der Waals surface area contributed by atoms with Crippen LogP contribution in [0.5, 0.6) is 0 Å². The Bertz CT molecular complexity index is 757. The predicted molar refractivity (Wildman–Crippen MR) is 84.6 cm³/mol. The highest BCUT2D eigenvalue weighted by Crippen LogP contribution is 2.32. The lowest BCUT2D eigenvalue weighted by atomic mass is 10.0. The van der Waals surface area contributed by atoms with Crippen LogP contribution in [-0.2, 0) is 22.1 Å². The van der Waals surface area contributed by atoms with Gasteiger partial charge in [-0.2, -0.15) is 13.2 Å². The smallest absolute Gasteiger partial charge is 0.419 e. The molecule has 0 saturated heterocycles. The SMILES string of the molecule is CC(=O)NCCC1=C(N=N)OC(Cc2ccc(F)c(C(F)(F)F)c2)C=C1. The number of hydrogen-bond donors (Lipinski definition) is 2. The number of nitrogens with one attached hydrogen (secondary N) is 2. The lowest BCUT2D eigenvalue weighted by Crippen LogP contribution is -2.22. The van der Waals surface area contributed by atoms with Crippen LogP contribution in [0.15, 0.2) is 46.9 Å². The molecule has 2 rings (SSSR count). The maximum Gasteiger partial charge on any atom is 0.419 e. The fourth-order valence-electron chi connectivity index (χ4n) is 2.47. The van der Waals surface area contributed by atoms with Crippen molar-refractivity contribution in [3.05, 3.63) is 58.8 Å². The van der Waals surface area contributed by atoms with Crippen LogP contribution in [0, 0.1) is 11.3 Å². The minimum atomic E-state index is -4.78. The highest BCUT2D eigenvalue weighted by Gasteiger charge is 2.34. The molecule has 0 saturated carbocycles. The Balaban J connectivity index is 2.07. The Hall–Kier alpha value is -2.71. The van der Waals surface area contributed by atoms with Gasteiger partial charge in [-0.05, 0) is 30.2 Å². The Labute approximate surface area is 147 Å². The van der Waals surface area contributed by atoms with Gasteiger partial charge in [-0.1, -0.05) is 12.1 Å². The number of carbonyl (C=O) groups is 1. The van der Waals surface area contributed by atoms with Crippen LogP contribution in [0.3, 0.4) is 0 Å². The minimum Gasteiger partial charge on any atom is -0.468 e. The zero-order chi connectivity index (χ0) is 19.3. The summed E-state index contributed by atoms with van der Waals surface area (Å²) in [6.07, 6.45) is -1.64. The van der Waals surface area contributed by atoms with Crippen molar-refractivity contribution in [2.24, 2.45) is 5.11 Å². The van der Waals surface area contributed by atoms with Gasteiger partial charge in [0.05, 0.1) is 5.56 Å². The maximum atomic E-state index is 13.3. The molecule has 0 fully saturated rings. The molecule has 1 aliphatic rings. The molecular formula is C17H17F4N3O2. The van der Waals surface area contributed by atoms with Crippen molar-refractivity contribution in [1.82, 2.24) is 5.32 Å². The van der Waals surface area contributed by atoms with Crippen LogP contribution < -0.4 is 5.32 Å². The number of alkyl halides is 3. The summed E-state index contributed by atoms with van der Waals surface area (Å²) >= 11 is 0. The molecule has 1 aliphatic heterocycles. The molecule has 5 nitrogen and oxygen atoms in total. The largest absolute Gasteiger partial charge is 0.468 e. The molecule has 1 aromatic rings. The molecule has 1 unspecified atom stereocenters. The maximum absolute atomic E-state index is 13.3. The number of nitrogens with zero attached hydrogens (tertiary/aromatic N) is 1. The van der Waals surface area contributed by atoms with Gasteiger partial charge in [-0.15, -0.1) is 5.11 Å². The first kappa shape index (κ1) is 19.6. The van der Waals surface area contributed by atoms with Gasteiger partial charge in [0.2, 0.25) is 11.8 Å². The normalized spacial score (nSPS) is 17.0. The van der Waals surface area contributed by atoms with Crippen molar-refractivity contribution < 1.29 is 27.1 Å². The van der Waals surface area contributed by atoms with Gasteiger partial charge in [0.1, 0.15) is 11.9 Å². The van der Waals surface area contributed by atoms with Gasteiger partial charge in [0, 0.05) is 25.5 Å². The molecule has 1 atom stereocenters. The van der Waals surface area contributed by atoms with Gasteiger partial charge in [-0.25, -0.2) is 9.92 Å². The highest BCUT2D eigenvalue weighted by atomic mass is 19.4. The van der Waals surface area contributed by atoms with Crippen LogP contribution in [-0.4, -0.2) is 18.6 Å². The second kappa shape index (κ2) is 8.11. The zero-order valence-electron chi connectivity index (χ0n) is 13.9. The van der Waals surface area contributed by atoms with Crippen molar-refractivity contribution in [2.45, 2.75) is 32.0 Å². The first-order valence-corrected chi connectivity index (χ1v) is 7.76. The average Bonchev–Trinajstić information content (AvgIpc) is 2.56. The molecule has 1 heterocycles. The highest BCUT2D eigenvalue weighted by molar-refractivity contribution is 5.72. The number of benzene rings is 1. The molecule has 0 aromatic heterocycles. The number of ether oxygens (including phenoxy) is 1. The molecule has 2 N–H and O–H groups in total. The number of hydrogen-bond acceptors (Lipinski definition) is 4. The van der Waals surface area contributed by atoms with Crippen LogP contribution in [0.4, 0.5) is 17.6 Å². The van der Waals surface area contributed by atoms with E-state index in [1.807, 2.05) is 0 Å². The molecule has 0 aliphatic carbocycles. The fraction of sp³-hybridized carbons (Fsp3) is 0.353. The van der Waals surface area contributed by atoms with E-state index < -0.39 is 23.7 Å². The third-order valence-electron chi connectivity index (χ3n) is 3.69. The van der Waals surface area contributed by atoms with Crippen LogP contribution in [0.1, 0.15) is 24.5 Å². The van der Waals surface area contributed by atoms with E-state index in [9.17, 15) is 22.4 Å². The minimum absolute atomic E-state index is 0.0426. The summed E-state index contributed by atoms with van der Waals surface area (Å²) < 4.78 is 57.2. The molecule has 1 aromatic carbocycles. The summed E-state index contributed by atoms with van der Waals surface area (Å²) in [6.45, 7) is 1.72. The van der Waals surface area contributed by atoms with E-state index in [-0.39, 0.29) is 23.8 Å². The Morgan fingerprint density at radius 2 is 2.12 bits per heavy atom. The third kappa shape index (κ3) is 5.14. The van der Waals surface area contributed by atoms with E-state index in [1.54, 1.807) is 12.2 Å². The van der Waals surface area contributed by atoms with Crippen molar-refractivity contribution in [2.75, 3.05) is 6.54 Å². The first-order valence-electron chi connectivity index (χ1n) is 7.76. The molecule has 1 amide bonds. The van der Waals surface area contributed by atoms with E-state index >= 15 is 0 Å². The Morgan fingerprint density at radius 1 is 1.38 bits per heavy atom. The Kier molecular flexibility index (Phi) is 6.12. The number of carbonyl (C=O) groups excluding carboxylic acids is 1. The van der Waals surface area contributed by atoms with Gasteiger partial charge in [0.25, 0.3) is 0 Å². The molecule has 26 heavy (non-hydrogen) atoms. The number of allylic oxidation sites excluding steroid dienone is 1. The van der Waals surface area contributed by atoms with Gasteiger partial charge < -0.3 is 10.1 Å². The zero-order valence-corrected chi connectivity index (χ0v) is 13.9. The molecule has 9 heteroatoms. The van der Waals surface area contributed by atoms with Crippen LogP contribution >= 0.6 is 0 Å². The van der Waals surface area contributed by atoms with Gasteiger partial charge in [-0.3, -0.25) is 4.79 Å². The summed E-state index contributed by atoms with van der Waals surface area (Å²) in [5.41, 5.74) is 6.70. The fourth-order valence-corrected chi connectivity index (χ4v) is 2.47.